The van der Waals surface area contributed by atoms with Crippen molar-refractivity contribution in [1.82, 2.24) is 5.32 Å². The van der Waals surface area contributed by atoms with Crippen LogP contribution in [0.5, 0.6) is 0 Å². The minimum Gasteiger partial charge on any atom is -0.364 e. The first kappa shape index (κ1) is 13.9. The second-order valence-corrected chi connectivity index (χ2v) is 5.73. The fourth-order valence-corrected chi connectivity index (χ4v) is 3.14. The van der Waals surface area contributed by atoms with Crippen molar-refractivity contribution in [3.05, 3.63) is 28.8 Å². The van der Waals surface area contributed by atoms with Crippen LogP contribution in [0.3, 0.4) is 0 Å². The Morgan fingerprint density at radius 2 is 1.95 bits per heavy atom. The van der Waals surface area contributed by atoms with E-state index in [9.17, 15) is 0 Å². The van der Waals surface area contributed by atoms with Crippen molar-refractivity contribution in [2.24, 2.45) is 0 Å². The van der Waals surface area contributed by atoms with Crippen molar-refractivity contribution >= 4 is 5.69 Å². The van der Waals surface area contributed by atoms with Crippen LogP contribution >= 0.6 is 0 Å². The van der Waals surface area contributed by atoms with Gasteiger partial charge < -0.3 is 10.2 Å². The van der Waals surface area contributed by atoms with Gasteiger partial charge in [0.2, 0.25) is 0 Å². The van der Waals surface area contributed by atoms with Crippen molar-refractivity contribution in [3.63, 3.8) is 0 Å². The summed E-state index contributed by atoms with van der Waals surface area (Å²) >= 11 is 0. The molecule has 1 N–H and O–H groups in total. The molecule has 0 saturated carbocycles. The Kier molecular flexibility index (Phi) is 4.11. The van der Waals surface area contributed by atoms with E-state index in [1.54, 1.807) is 0 Å². The van der Waals surface area contributed by atoms with E-state index in [2.05, 4.69) is 56.1 Å². The van der Waals surface area contributed by atoms with Gasteiger partial charge in [-0.05, 0) is 38.8 Å². The Balaban J connectivity index is 2.39. The van der Waals surface area contributed by atoms with Gasteiger partial charge in [0, 0.05) is 24.8 Å². The van der Waals surface area contributed by atoms with E-state index in [-0.39, 0.29) is 6.04 Å². The zero-order valence-electron chi connectivity index (χ0n) is 12.3. The lowest BCUT2D eigenvalue weighted by Gasteiger charge is -2.41. The highest BCUT2D eigenvalue weighted by Crippen LogP contribution is 2.30. The lowest BCUT2D eigenvalue weighted by Crippen LogP contribution is -2.56. The topological polar surface area (TPSA) is 39.1 Å². The molecule has 0 amide bonds. The average Bonchev–Trinajstić information content (AvgIpc) is 2.31. The van der Waals surface area contributed by atoms with Gasteiger partial charge in [-0.1, -0.05) is 17.7 Å². The summed E-state index contributed by atoms with van der Waals surface area (Å²) in [5, 5.41) is 12.5. The molecule has 2 atom stereocenters. The van der Waals surface area contributed by atoms with Crippen LogP contribution in [0.15, 0.2) is 12.1 Å². The molecule has 0 aromatic heterocycles. The predicted octanol–water partition coefficient (Wildman–Crippen LogP) is 2.69. The number of aryl methyl sites for hydroxylation is 3. The SMILES string of the molecule is Cc1cc(C)c(N2CC(C)NCC2CC#N)c(C)c1. The number of piperazine rings is 1. The largest absolute Gasteiger partial charge is 0.364 e. The quantitative estimate of drug-likeness (QED) is 0.885. The third-order valence-corrected chi connectivity index (χ3v) is 3.86. The maximum atomic E-state index is 9.03. The van der Waals surface area contributed by atoms with Gasteiger partial charge in [-0.3, -0.25) is 0 Å². The molecule has 1 heterocycles. The Morgan fingerprint density at radius 1 is 1.32 bits per heavy atom. The fraction of sp³-hybridized carbons (Fsp3) is 0.562. The van der Waals surface area contributed by atoms with Gasteiger partial charge in [0.15, 0.2) is 0 Å². The molecule has 3 nitrogen and oxygen atoms in total. The normalized spacial score (nSPS) is 23.2. The van der Waals surface area contributed by atoms with E-state index in [1.165, 1.54) is 22.4 Å². The van der Waals surface area contributed by atoms with Gasteiger partial charge in [-0.15, -0.1) is 0 Å². The lowest BCUT2D eigenvalue weighted by atomic mass is 9.99. The Hall–Kier alpha value is -1.53. The second kappa shape index (κ2) is 5.63. The fourth-order valence-electron chi connectivity index (χ4n) is 3.14. The summed E-state index contributed by atoms with van der Waals surface area (Å²) in [5.74, 6) is 0. The number of anilines is 1. The maximum Gasteiger partial charge on any atom is 0.0643 e. The minimum atomic E-state index is 0.279. The first-order valence-electron chi connectivity index (χ1n) is 6.97. The van der Waals surface area contributed by atoms with E-state index in [0.717, 1.165) is 13.1 Å². The van der Waals surface area contributed by atoms with Crippen molar-refractivity contribution < 1.29 is 0 Å². The first-order chi connectivity index (χ1) is 9.02. The third kappa shape index (κ3) is 2.90. The zero-order chi connectivity index (χ0) is 14.0. The molecule has 0 spiro atoms. The van der Waals surface area contributed by atoms with Gasteiger partial charge in [0.1, 0.15) is 0 Å². The van der Waals surface area contributed by atoms with E-state index in [4.69, 9.17) is 5.26 Å². The Bertz CT molecular complexity index is 478. The summed E-state index contributed by atoms with van der Waals surface area (Å²) in [6.07, 6.45) is 0.576. The number of nitrogens with one attached hydrogen (secondary N) is 1. The molecule has 1 fully saturated rings. The van der Waals surface area contributed by atoms with E-state index in [0.29, 0.717) is 12.5 Å². The van der Waals surface area contributed by atoms with Crippen LogP contribution in [-0.4, -0.2) is 25.2 Å². The van der Waals surface area contributed by atoms with Crippen LogP contribution in [0, 0.1) is 32.1 Å². The van der Waals surface area contributed by atoms with Crippen LogP contribution < -0.4 is 10.2 Å². The molecule has 102 valence electrons. The highest BCUT2D eigenvalue weighted by atomic mass is 15.2. The summed E-state index contributed by atoms with van der Waals surface area (Å²) in [6.45, 7) is 10.5. The average molecular weight is 257 g/mol. The van der Waals surface area contributed by atoms with Crippen LogP contribution in [0.4, 0.5) is 5.69 Å². The van der Waals surface area contributed by atoms with Crippen LogP contribution in [0.2, 0.25) is 0 Å². The molecule has 19 heavy (non-hydrogen) atoms. The highest BCUT2D eigenvalue weighted by molar-refractivity contribution is 5.61. The number of hydrogen-bond donors (Lipinski definition) is 1. The number of hydrogen-bond acceptors (Lipinski definition) is 3. The van der Waals surface area contributed by atoms with Crippen molar-refractivity contribution in [3.8, 4) is 6.07 Å². The molecule has 1 saturated heterocycles. The van der Waals surface area contributed by atoms with Crippen LogP contribution in [0.25, 0.3) is 0 Å². The summed E-state index contributed by atoms with van der Waals surface area (Å²) < 4.78 is 0. The predicted molar refractivity (Wildman–Crippen MR) is 79.5 cm³/mol. The Morgan fingerprint density at radius 3 is 2.53 bits per heavy atom. The van der Waals surface area contributed by atoms with Crippen molar-refractivity contribution in [2.75, 3.05) is 18.0 Å². The van der Waals surface area contributed by atoms with Gasteiger partial charge in [0.25, 0.3) is 0 Å². The molecule has 3 heteroatoms. The summed E-state index contributed by atoms with van der Waals surface area (Å²) in [4.78, 5) is 2.43. The van der Waals surface area contributed by atoms with Gasteiger partial charge in [-0.2, -0.15) is 5.26 Å². The standard InChI is InChI=1S/C16H23N3/c1-11-7-12(2)16(13(3)8-11)19-10-14(4)18-9-15(19)5-6-17/h7-8,14-15,18H,5,9-10H2,1-4H3. The molecule has 0 bridgehead atoms. The second-order valence-electron chi connectivity index (χ2n) is 5.73. The molecule has 0 radical (unpaired) electrons. The highest BCUT2D eigenvalue weighted by Gasteiger charge is 2.27. The zero-order valence-corrected chi connectivity index (χ0v) is 12.3. The molecule has 2 rings (SSSR count). The molecule has 1 aromatic carbocycles. The lowest BCUT2D eigenvalue weighted by molar-refractivity contribution is 0.411. The summed E-state index contributed by atoms with van der Waals surface area (Å²) in [6, 6.07) is 7.54. The molecule has 1 aromatic rings. The molecular weight excluding hydrogens is 234 g/mol. The number of nitrogens with zero attached hydrogens (tertiary/aromatic N) is 2. The minimum absolute atomic E-state index is 0.279. The van der Waals surface area contributed by atoms with E-state index >= 15 is 0 Å². The van der Waals surface area contributed by atoms with Crippen molar-refractivity contribution in [2.45, 2.75) is 46.2 Å². The number of nitriles is 1. The van der Waals surface area contributed by atoms with Crippen LogP contribution in [-0.2, 0) is 0 Å². The Labute approximate surface area is 116 Å². The molecular formula is C16H23N3. The molecule has 1 aliphatic heterocycles. The maximum absolute atomic E-state index is 9.03. The molecule has 0 aliphatic carbocycles. The van der Waals surface area contributed by atoms with Gasteiger partial charge in [-0.25, -0.2) is 0 Å². The number of rotatable bonds is 2. The van der Waals surface area contributed by atoms with E-state index in [1.807, 2.05) is 0 Å². The molecule has 2 unspecified atom stereocenters. The third-order valence-electron chi connectivity index (χ3n) is 3.86. The van der Waals surface area contributed by atoms with Crippen molar-refractivity contribution in [1.29, 1.82) is 5.26 Å². The monoisotopic (exact) mass is 257 g/mol. The first-order valence-corrected chi connectivity index (χ1v) is 6.97. The smallest absolute Gasteiger partial charge is 0.0643 e. The summed E-state index contributed by atoms with van der Waals surface area (Å²) in [7, 11) is 0. The van der Waals surface area contributed by atoms with Crippen LogP contribution in [0.1, 0.15) is 30.0 Å². The van der Waals surface area contributed by atoms with Gasteiger partial charge >= 0.3 is 0 Å². The van der Waals surface area contributed by atoms with Gasteiger partial charge in [0.05, 0.1) is 18.5 Å². The molecule has 1 aliphatic rings. The summed E-state index contributed by atoms with van der Waals surface area (Å²) in [5.41, 5.74) is 5.25. The number of benzene rings is 1. The van der Waals surface area contributed by atoms with E-state index < -0.39 is 0 Å².